The van der Waals surface area contributed by atoms with E-state index in [4.69, 9.17) is 4.52 Å². The Morgan fingerprint density at radius 3 is 2.96 bits per heavy atom. The van der Waals surface area contributed by atoms with Gasteiger partial charge in [0, 0.05) is 19.5 Å². The molecule has 1 amide bonds. The summed E-state index contributed by atoms with van der Waals surface area (Å²) in [5, 5.41) is 10.5. The van der Waals surface area contributed by atoms with E-state index in [-0.39, 0.29) is 17.9 Å². The second-order valence-corrected chi connectivity index (χ2v) is 7.77. The number of likely N-dealkylation sites (tertiary alicyclic amines) is 1. The van der Waals surface area contributed by atoms with Crippen molar-refractivity contribution in [3.8, 4) is 10.6 Å². The van der Waals surface area contributed by atoms with Crippen LogP contribution >= 0.6 is 11.3 Å². The number of nitrogens with zero attached hydrogens (tertiary/aromatic N) is 5. The van der Waals surface area contributed by atoms with E-state index < -0.39 is 0 Å². The van der Waals surface area contributed by atoms with Crippen LogP contribution in [0, 0.1) is 0 Å². The lowest BCUT2D eigenvalue weighted by Crippen LogP contribution is -2.31. The number of aryl methyl sites for hydroxylation is 1. The van der Waals surface area contributed by atoms with Gasteiger partial charge in [0.15, 0.2) is 11.5 Å². The second kappa shape index (κ2) is 6.68. The lowest BCUT2D eigenvalue weighted by atomic mass is 10.2. The SMILES string of the molecule is CC(C)c1noc(C2CCCN2C(=O)c2cc(-c3cccs3)n(C)n2)n1. The van der Waals surface area contributed by atoms with E-state index in [1.165, 1.54) is 0 Å². The van der Waals surface area contributed by atoms with Crippen molar-refractivity contribution in [2.75, 3.05) is 6.54 Å². The molecule has 1 atom stereocenters. The fourth-order valence-corrected chi connectivity index (χ4v) is 4.03. The molecular weight excluding hydrogens is 350 g/mol. The Morgan fingerprint density at radius 1 is 1.42 bits per heavy atom. The van der Waals surface area contributed by atoms with Crippen LogP contribution in [0.2, 0.25) is 0 Å². The summed E-state index contributed by atoms with van der Waals surface area (Å²) in [6, 6.07) is 5.71. The average Bonchev–Trinajstić information content (AvgIpc) is 3.37. The number of carbonyl (C=O) groups is 1. The van der Waals surface area contributed by atoms with Crippen molar-refractivity contribution >= 4 is 17.2 Å². The molecule has 1 saturated heterocycles. The van der Waals surface area contributed by atoms with Crippen molar-refractivity contribution in [1.82, 2.24) is 24.8 Å². The first-order valence-electron chi connectivity index (χ1n) is 8.77. The van der Waals surface area contributed by atoms with E-state index in [0.29, 0.717) is 24.0 Å². The van der Waals surface area contributed by atoms with E-state index in [2.05, 4.69) is 15.2 Å². The quantitative estimate of drug-likeness (QED) is 0.700. The minimum Gasteiger partial charge on any atom is -0.337 e. The van der Waals surface area contributed by atoms with Gasteiger partial charge in [-0.15, -0.1) is 11.3 Å². The molecular formula is C18H21N5O2S. The van der Waals surface area contributed by atoms with Crippen LogP contribution in [-0.4, -0.2) is 37.3 Å². The van der Waals surface area contributed by atoms with Crippen LogP contribution in [0.1, 0.15) is 60.9 Å². The summed E-state index contributed by atoms with van der Waals surface area (Å²) in [4.78, 5) is 20.5. The first-order chi connectivity index (χ1) is 12.5. The Hall–Kier alpha value is -2.48. The van der Waals surface area contributed by atoms with Crippen LogP contribution in [0.3, 0.4) is 0 Å². The highest BCUT2D eigenvalue weighted by Gasteiger charge is 2.35. The largest absolute Gasteiger partial charge is 0.337 e. The van der Waals surface area contributed by atoms with Crippen molar-refractivity contribution < 1.29 is 9.32 Å². The van der Waals surface area contributed by atoms with Gasteiger partial charge in [0.1, 0.15) is 6.04 Å². The summed E-state index contributed by atoms with van der Waals surface area (Å²) >= 11 is 1.63. The van der Waals surface area contributed by atoms with Gasteiger partial charge < -0.3 is 9.42 Å². The normalized spacial score (nSPS) is 17.4. The molecule has 0 aromatic carbocycles. The third kappa shape index (κ3) is 2.94. The molecule has 0 bridgehead atoms. The van der Waals surface area contributed by atoms with E-state index in [1.54, 1.807) is 20.9 Å². The molecule has 4 rings (SSSR count). The summed E-state index contributed by atoms with van der Waals surface area (Å²) in [6.45, 7) is 4.71. The van der Waals surface area contributed by atoms with Crippen molar-refractivity contribution in [2.24, 2.45) is 7.05 Å². The van der Waals surface area contributed by atoms with Crippen LogP contribution in [0.5, 0.6) is 0 Å². The topological polar surface area (TPSA) is 77.0 Å². The first-order valence-corrected chi connectivity index (χ1v) is 9.65. The molecule has 1 aliphatic heterocycles. The molecule has 1 unspecified atom stereocenters. The monoisotopic (exact) mass is 371 g/mol. The zero-order valence-corrected chi connectivity index (χ0v) is 15.9. The number of amides is 1. The van der Waals surface area contributed by atoms with Crippen molar-refractivity contribution in [3.63, 3.8) is 0 Å². The summed E-state index contributed by atoms with van der Waals surface area (Å²) in [5.41, 5.74) is 1.39. The van der Waals surface area contributed by atoms with Gasteiger partial charge in [-0.1, -0.05) is 25.1 Å². The molecule has 0 spiro atoms. The number of aromatic nitrogens is 4. The molecule has 0 saturated carbocycles. The van der Waals surface area contributed by atoms with Crippen LogP contribution in [0.15, 0.2) is 28.1 Å². The Morgan fingerprint density at radius 2 is 2.27 bits per heavy atom. The minimum atomic E-state index is -0.172. The standard InChI is InChI=1S/C18H21N5O2S/c1-11(2)16-19-17(25-21-16)13-6-4-8-23(13)18(24)12-10-14(22(3)20-12)15-7-5-9-26-15/h5,7,9-11,13H,4,6,8H2,1-3H3. The molecule has 0 aliphatic carbocycles. The molecule has 3 aromatic heterocycles. The Kier molecular flexibility index (Phi) is 4.36. The van der Waals surface area contributed by atoms with Crippen molar-refractivity contribution in [1.29, 1.82) is 0 Å². The molecule has 8 heteroatoms. The van der Waals surface area contributed by atoms with Gasteiger partial charge in [0.25, 0.3) is 5.91 Å². The third-order valence-electron chi connectivity index (χ3n) is 4.65. The molecule has 1 fully saturated rings. The van der Waals surface area contributed by atoms with Crippen LogP contribution in [0.25, 0.3) is 10.6 Å². The van der Waals surface area contributed by atoms with Crippen LogP contribution < -0.4 is 0 Å². The molecule has 26 heavy (non-hydrogen) atoms. The molecule has 4 heterocycles. The third-order valence-corrected chi connectivity index (χ3v) is 5.54. The number of thiophene rings is 1. The summed E-state index contributed by atoms with van der Waals surface area (Å²) < 4.78 is 7.19. The van der Waals surface area contributed by atoms with Crippen molar-refractivity contribution in [3.05, 3.63) is 41.0 Å². The predicted molar refractivity (Wildman–Crippen MR) is 97.9 cm³/mol. The zero-order chi connectivity index (χ0) is 18.3. The maximum atomic E-state index is 13.1. The smallest absolute Gasteiger partial charge is 0.275 e. The van der Waals surface area contributed by atoms with Gasteiger partial charge in [-0.25, -0.2) is 0 Å². The van der Waals surface area contributed by atoms with E-state index in [1.807, 2.05) is 44.5 Å². The first kappa shape index (κ1) is 17.0. The molecule has 1 aliphatic rings. The van der Waals surface area contributed by atoms with Gasteiger partial charge >= 0.3 is 0 Å². The number of hydrogen-bond acceptors (Lipinski definition) is 6. The van der Waals surface area contributed by atoms with E-state index >= 15 is 0 Å². The summed E-state index contributed by atoms with van der Waals surface area (Å²) in [7, 11) is 1.86. The predicted octanol–water partition coefficient (Wildman–Crippen LogP) is 3.63. The van der Waals surface area contributed by atoms with Crippen LogP contribution in [0.4, 0.5) is 0 Å². The van der Waals surface area contributed by atoms with Gasteiger partial charge in [0.2, 0.25) is 5.89 Å². The maximum absolute atomic E-state index is 13.1. The highest BCUT2D eigenvalue weighted by Crippen LogP contribution is 2.33. The Bertz CT molecular complexity index is 912. The summed E-state index contributed by atoms with van der Waals surface area (Å²) in [6.07, 6.45) is 1.75. The number of hydrogen-bond donors (Lipinski definition) is 0. The van der Waals surface area contributed by atoms with Gasteiger partial charge in [-0.05, 0) is 30.4 Å². The second-order valence-electron chi connectivity index (χ2n) is 6.82. The maximum Gasteiger partial charge on any atom is 0.275 e. The van der Waals surface area contributed by atoms with E-state index in [0.717, 1.165) is 23.4 Å². The number of carbonyl (C=O) groups excluding carboxylic acids is 1. The average molecular weight is 371 g/mol. The van der Waals surface area contributed by atoms with Crippen LogP contribution in [-0.2, 0) is 7.05 Å². The highest BCUT2D eigenvalue weighted by molar-refractivity contribution is 7.13. The zero-order valence-electron chi connectivity index (χ0n) is 15.0. The molecule has 136 valence electrons. The van der Waals surface area contributed by atoms with Crippen molar-refractivity contribution in [2.45, 2.75) is 38.6 Å². The minimum absolute atomic E-state index is 0.0878. The fraction of sp³-hybridized carbons (Fsp3) is 0.444. The van der Waals surface area contributed by atoms with Gasteiger partial charge in [-0.3, -0.25) is 9.48 Å². The fourth-order valence-electron chi connectivity index (χ4n) is 3.26. The molecule has 0 radical (unpaired) electrons. The lowest BCUT2D eigenvalue weighted by molar-refractivity contribution is 0.0703. The Labute approximate surface area is 155 Å². The van der Waals surface area contributed by atoms with Gasteiger partial charge in [0.05, 0.1) is 10.6 Å². The Balaban J connectivity index is 1.60. The molecule has 0 N–H and O–H groups in total. The molecule has 3 aromatic rings. The molecule has 7 nitrogen and oxygen atoms in total. The number of rotatable bonds is 4. The van der Waals surface area contributed by atoms with E-state index in [9.17, 15) is 4.79 Å². The lowest BCUT2D eigenvalue weighted by Gasteiger charge is -2.20. The highest BCUT2D eigenvalue weighted by atomic mass is 32.1. The van der Waals surface area contributed by atoms with Gasteiger partial charge in [-0.2, -0.15) is 10.1 Å². The summed E-state index contributed by atoms with van der Waals surface area (Å²) in [5.74, 6) is 1.31.